The Hall–Kier alpha value is -0.440. The third kappa shape index (κ3) is 6.94. The maximum Gasteiger partial charge on any atom is 0.0202 e. The summed E-state index contributed by atoms with van der Waals surface area (Å²) in [5.74, 6) is 7.62. The van der Waals surface area contributed by atoms with E-state index in [-0.39, 0.29) is 0 Å². The van der Waals surface area contributed by atoms with Crippen molar-refractivity contribution in [2.24, 2.45) is 5.92 Å². The molecule has 16 heavy (non-hydrogen) atoms. The second-order valence-electron chi connectivity index (χ2n) is 5.17. The summed E-state index contributed by atoms with van der Waals surface area (Å²) in [6.45, 7) is 2.28. The van der Waals surface area contributed by atoms with Gasteiger partial charge in [-0.05, 0) is 19.3 Å². The average Bonchev–Trinajstić information content (AvgIpc) is 2.31. The standard InChI is InChI=1S/C16H28/c1-2-13-16-14-11-9-7-5-3-4-6-8-10-12-15-16/h16H,2-11,13-14H2,1H3. The van der Waals surface area contributed by atoms with Crippen LogP contribution < -0.4 is 0 Å². The summed E-state index contributed by atoms with van der Waals surface area (Å²) in [6, 6.07) is 0. The van der Waals surface area contributed by atoms with E-state index in [2.05, 4.69) is 18.8 Å². The molecule has 1 unspecified atom stereocenters. The van der Waals surface area contributed by atoms with E-state index in [0.717, 1.165) is 6.42 Å². The molecule has 1 rings (SSSR count). The molecular weight excluding hydrogens is 192 g/mol. The van der Waals surface area contributed by atoms with E-state index in [1.165, 1.54) is 70.6 Å². The Morgan fingerprint density at radius 1 is 0.875 bits per heavy atom. The third-order valence-corrected chi connectivity index (χ3v) is 3.55. The molecule has 0 aromatic carbocycles. The fourth-order valence-corrected chi connectivity index (χ4v) is 2.52. The Labute approximate surface area is 102 Å². The third-order valence-electron chi connectivity index (χ3n) is 3.55. The molecule has 0 N–H and O–H groups in total. The molecule has 1 aliphatic rings. The fourth-order valence-electron chi connectivity index (χ4n) is 2.52. The highest BCUT2D eigenvalue weighted by Crippen LogP contribution is 2.17. The van der Waals surface area contributed by atoms with Crippen molar-refractivity contribution in [1.82, 2.24) is 0 Å². The lowest BCUT2D eigenvalue weighted by molar-refractivity contribution is 0.498. The Balaban J connectivity index is 2.33. The van der Waals surface area contributed by atoms with Crippen molar-refractivity contribution in [3.05, 3.63) is 0 Å². The van der Waals surface area contributed by atoms with Gasteiger partial charge in [-0.3, -0.25) is 0 Å². The van der Waals surface area contributed by atoms with Gasteiger partial charge in [0.1, 0.15) is 0 Å². The summed E-state index contributed by atoms with van der Waals surface area (Å²) in [6.07, 6.45) is 16.4. The van der Waals surface area contributed by atoms with E-state index < -0.39 is 0 Å². The molecule has 92 valence electrons. The van der Waals surface area contributed by atoms with Crippen LogP contribution in [0, 0.1) is 17.8 Å². The van der Waals surface area contributed by atoms with Gasteiger partial charge in [0.05, 0.1) is 0 Å². The van der Waals surface area contributed by atoms with Gasteiger partial charge >= 0.3 is 0 Å². The van der Waals surface area contributed by atoms with Gasteiger partial charge in [-0.15, -0.1) is 5.92 Å². The van der Waals surface area contributed by atoms with E-state index in [1.807, 2.05) is 0 Å². The summed E-state index contributed by atoms with van der Waals surface area (Å²) in [4.78, 5) is 0. The summed E-state index contributed by atoms with van der Waals surface area (Å²) in [5.41, 5.74) is 0. The number of hydrogen-bond acceptors (Lipinski definition) is 0. The lowest BCUT2D eigenvalue weighted by Gasteiger charge is -2.08. The molecule has 0 bridgehead atoms. The molecule has 0 aromatic rings. The zero-order chi connectivity index (χ0) is 11.5. The molecule has 0 heteroatoms. The van der Waals surface area contributed by atoms with Crippen LogP contribution >= 0.6 is 0 Å². The van der Waals surface area contributed by atoms with E-state index in [0.29, 0.717) is 5.92 Å². The minimum Gasteiger partial charge on any atom is -0.103 e. The van der Waals surface area contributed by atoms with Gasteiger partial charge in [0.15, 0.2) is 0 Å². The SMILES string of the molecule is CCCC1C#CCCCCCCCCCC1. The maximum atomic E-state index is 3.51. The monoisotopic (exact) mass is 220 g/mol. The number of hydrogen-bond donors (Lipinski definition) is 0. The van der Waals surface area contributed by atoms with Crippen LogP contribution in [0.4, 0.5) is 0 Å². The minimum absolute atomic E-state index is 0.700. The predicted molar refractivity (Wildman–Crippen MR) is 72.3 cm³/mol. The van der Waals surface area contributed by atoms with E-state index in [9.17, 15) is 0 Å². The van der Waals surface area contributed by atoms with Crippen LogP contribution in [0.25, 0.3) is 0 Å². The molecule has 1 aliphatic carbocycles. The molecule has 0 aromatic heterocycles. The van der Waals surface area contributed by atoms with Crippen LogP contribution in [0.3, 0.4) is 0 Å². The molecule has 0 nitrogen and oxygen atoms in total. The van der Waals surface area contributed by atoms with Gasteiger partial charge in [-0.2, -0.15) is 0 Å². The van der Waals surface area contributed by atoms with Gasteiger partial charge in [0.2, 0.25) is 0 Å². The number of rotatable bonds is 2. The van der Waals surface area contributed by atoms with Gasteiger partial charge in [-0.25, -0.2) is 0 Å². The second kappa shape index (κ2) is 9.76. The highest BCUT2D eigenvalue weighted by molar-refractivity contribution is 5.03. The van der Waals surface area contributed by atoms with Crippen molar-refractivity contribution in [2.45, 2.75) is 84.0 Å². The van der Waals surface area contributed by atoms with E-state index >= 15 is 0 Å². The van der Waals surface area contributed by atoms with Crippen molar-refractivity contribution >= 4 is 0 Å². The summed E-state index contributed by atoms with van der Waals surface area (Å²) in [7, 11) is 0. The molecule has 0 heterocycles. The lowest BCUT2D eigenvalue weighted by Crippen LogP contribution is -1.96. The fraction of sp³-hybridized carbons (Fsp3) is 0.875. The van der Waals surface area contributed by atoms with E-state index in [4.69, 9.17) is 0 Å². The van der Waals surface area contributed by atoms with Crippen LogP contribution in [0.2, 0.25) is 0 Å². The molecule has 0 spiro atoms. The van der Waals surface area contributed by atoms with Crippen LogP contribution in [-0.2, 0) is 0 Å². The predicted octanol–water partition coefficient (Wildman–Crippen LogP) is 5.32. The first-order valence-corrected chi connectivity index (χ1v) is 7.42. The molecule has 0 saturated carbocycles. The van der Waals surface area contributed by atoms with Crippen LogP contribution in [0.5, 0.6) is 0 Å². The molecule has 0 fully saturated rings. The van der Waals surface area contributed by atoms with Gasteiger partial charge in [-0.1, -0.05) is 64.2 Å². The minimum atomic E-state index is 0.700. The smallest absolute Gasteiger partial charge is 0.0202 e. The van der Waals surface area contributed by atoms with Gasteiger partial charge in [0, 0.05) is 12.3 Å². The van der Waals surface area contributed by atoms with Crippen LogP contribution in [0.15, 0.2) is 0 Å². The molecule has 0 amide bonds. The molecular formula is C16H28. The lowest BCUT2D eigenvalue weighted by atomic mass is 9.96. The summed E-state index contributed by atoms with van der Waals surface area (Å²) >= 11 is 0. The summed E-state index contributed by atoms with van der Waals surface area (Å²) in [5, 5.41) is 0. The van der Waals surface area contributed by atoms with Crippen molar-refractivity contribution < 1.29 is 0 Å². The molecule has 1 atom stereocenters. The normalized spacial score (nSPS) is 24.4. The Bertz CT molecular complexity index is 206. The first-order chi connectivity index (χ1) is 7.93. The zero-order valence-electron chi connectivity index (χ0n) is 11.1. The largest absolute Gasteiger partial charge is 0.103 e. The van der Waals surface area contributed by atoms with E-state index in [1.54, 1.807) is 0 Å². The average molecular weight is 220 g/mol. The summed E-state index contributed by atoms with van der Waals surface area (Å²) < 4.78 is 0. The Kier molecular flexibility index (Phi) is 8.31. The van der Waals surface area contributed by atoms with Crippen molar-refractivity contribution in [3.8, 4) is 11.8 Å². The Morgan fingerprint density at radius 2 is 1.50 bits per heavy atom. The quantitative estimate of drug-likeness (QED) is 0.552. The Morgan fingerprint density at radius 3 is 2.19 bits per heavy atom. The van der Waals surface area contributed by atoms with Gasteiger partial charge in [0.25, 0.3) is 0 Å². The molecule has 0 radical (unpaired) electrons. The van der Waals surface area contributed by atoms with Crippen LogP contribution in [-0.4, -0.2) is 0 Å². The highest BCUT2D eigenvalue weighted by atomic mass is 14.1. The van der Waals surface area contributed by atoms with Crippen LogP contribution in [0.1, 0.15) is 84.0 Å². The first kappa shape index (κ1) is 13.6. The van der Waals surface area contributed by atoms with Crippen molar-refractivity contribution in [3.63, 3.8) is 0 Å². The van der Waals surface area contributed by atoms with Gasteiger partial charge < -0.3 is 0 Å². The molecule has 0 aliphatic heterocycles. The highest BCUT2D eigenvalue weighted by Gasteiger charge is 2.03. The zero-order valence-corrected chi connectivity index (χ0v) is 11.1. The second-order valence-corrected chi connectivity index (χ2v) is 5.17. The molecule has 0 saturated heterocycles. The van der Waals surface area contributed by atoms with Crippen molar-refractivity contribution in [1.29, 1.82) is 0 Å². The topological polar surface area (TPSA) is 0 Å². The maximum absolute atomic E-state index is 3.51. The first-order valence-electron chi connectivity index (χ1n) is 7.42. The van der Waals surface area contributed by atoms with Crippen molar-refractivity contribution in [2.75, 3.05) is 0 Å².